The molecule has 0 amide bonds. The fourth-order valence-electron chi connectivity index (χ4n) is 1.20. The zero-order chi connectivity index (χ0) is 9.42. The van der Waals surface area contributed by atoms with Crippen LogP contribution >= 0.6 is 11.6 Å². The van der Waals surface area contributed by atoms with Crippen LogP contribution in [-0.4, -0.2) is 19.5 Å². The summed E-state index contributed by atoms with van der Waals surface area (Å²) in [6.07, 6.45) is 1.57. The van der Waals surface area contributed by atoms with Gasteiger partial charge < -0.3 is 4.57 Å². The molecular weight excluding hydrogens is 192 g/mol. The zero-order valence-electron chi connectivity index (χ0n) is 6.91. The van der Waals surface area contributed by atoms with Crippen LogP contribution in [-0.2, 0) is 6.54 Å². The summed E-state index contributed by atoms with van der Waals surface area (Å²) in [4.78, 5) is 21.7. The summed E-state index contributed by atoms with van der Waals surface area (Å²) in [5.41, 5.74) is 0.594. The fraction of sp³-hybridized carbons (Fsp3) is 0.286. The minimum Gasteiger partial charge on any atom is -0.325 e. The van der Waals surface area contributed by atoms with Crippen molar-refractivity contribution in [1.29, 1.82) is 0 Å². The molecule has 6 heteroatoms. The molecule has 13 heavy (non-hydrogen) atoms. The third-order valence-corrected chi connectivity index (χ3v) is 1.97. The van der Waals surface area contributed by atoms with Gasteiger partial charge in [0.1, 0.15) is 0 Å². The van der Waals surface area contributed by atoms with Crippen molar-refractivity contribution in [2.45, 2.75) is 13.5 Å². The van der Waals surface area contributed by atoms with Gasteiger partial charge in [0.2, 0.25) is 5.28 Å². The van der Waals surface area contributed by atoms with Gasteiger partial charge in [0.05, 0.1) is 6.33 Å². The molecule has 0 spiro atoms. The standard InChI is InChI=1S/C7H7ClN4O/c1-2-12-3-9-5-4(12)6(13)11-7(8)10-5/h3H,2H2,1H3,(H,10,11,13). The Bertz CT molecular complexity index is 501. The van der Waals surface area contributed by atoms with Crippen LogP contribution in [0.5, 0.6) is 0 Å². The maximum absolute atomic E-state index is 11.4. The van der Waals surface area contributed by atoms with Gasteiger partial charge in [-0.3, -0.25) is 9.78 Å². The summed E-state index contributed by atoms with van der Waals surface area (Å²) >= 11 is 5.56. The van der Waals surface area contributed by atoms with E-state index in [2.05, 4.69) is 15.0 Å². The lowest BCUT2D eigenvalue weighted by Crippen LogP contribution is -2.11. The molecular formula is C7H7ClN4O. The van der Waals surface area contributed by atoms with E-state index in [1.165, 1.54) is 0 Å². The highest BCUT2D eigenvalue weighted by Gasteiger charge is 2.07. The largest absolute Gasteiger partial charge is 0.325 e. The molecule has 0 aliphatic carbocycles. The summed E-state index contributed by atoms with van der Waals surface area (Å²) in [6, 6.07) is 0. The van der Waals surface area contributed by atoms with Crippen molar-refractivity contribution in [1.82, 2.24) is 19.5 Å². The number of aromatic nitrogens is 4. The van der Waals surface area contributed by atoms with E-state index in [9.17, 15) is 4.79 Å². The Kier molecular flexibility index (Phi) is 1.81. The van der Waals surface area contributed by atoms with Gasteiger partial charge in [-0.25, -0.2) is 4.98 Å². The average Bonchev–Trinajstić information content (AvgIpc) is 2.47. The third-order valence-electron chi connectivity index (χ3n) is 1.79. The second-order valence-electron chi connectivity index (χ2n) is 2.56. The van der Waals surface area contributed by atoms with Crippen LogP contribution in [0.1, 0.15) is 6.92 Å². The molecule has 2 aromatic heterocycles. The molecule has 0 saturated heterocycles. The van der Waals surface area contributed by atoms with Gasteiger partial charge in [0, 0.05) is 6.54 Å². The Morgan fingerprint density at radius 2 is 2.46 bits per heavy atom. The van der Waals surface area contributed by atoms with Crippen LogP contribution in [0.15, 0.2) is 11.1 Å². The second-order valence-corrected chi connectivity index (χ2v) is 2.92. The molecule has 5 nitrogen and oxygen atoms in total. The first-order valence-corrected chi connectivity index (χ1v) is 4.21. The number of hydrogen-bond donors (Lipinski definition) is 1. The Morgan fingerprint density at radius 1 is 1.69 bits per heavy atom. The maximum Gasteiger partial charge on any atom is 0.278 e. The third kappa shape index (κ3) is 1.21. The van der Waals surface area contributed by atoms with E-state index in [0.29, 0.717) is 17.7 Å². The number of aromatic amines is 1. The van der Waals surface area contributed by atoms with Crippen LogP contribution in [0.2, 0.25) is 5.28 Å². The van der Waals surface area contributed by atoms with Crippen molar-refractivity contribution >= 4 is 22.8 Å². The van der Waals surface area contributed by atoms with Crippen molar-refractivity contribution < 1.29 is 0 Å². The first kappa shape index (κ1) is 8.25. The maximum atomic E-state index is 11.4. The number of halogens is 1. The predicted molar refractivity (Wildman–Crippen MR) is 48.8 cm³/mol. The van der Waals surface area contributed by atoms with Crippen LogP contribution < -0.4 is 5.56 Å². The summed E-state index contributed by atoms with van der Waals surface area (Å²) in [5, 5.41) is 0.0684. The molecule has 0 aliphatic heterocycles. The quantitative estimate of drug-likeness (QED) is 0.690. The van der Waals surface area contributed by atoms with Crippen LogP contribution in [0.25, 0.3) is 11.2 Å². The molecule has 0 bridgehead atoms. The van der Waals surface area contributed by atoms with E-state index in [0.717, 1.165) is 0 Å². The number of nitrogens with zero attached hydrogens (tertiary/aromatic N) is 3. The Morgan fingerprint density at radius 3 is 3.15 bits per heavy atom. The number of aryl methyl sites for hydroxylation is 1. The normalized spacial score (nSPS) is 10.9. The molecule has 2 heterocycles. The monoisotopic (exact) mass is 198 g/mol. The highest BCUT2D eigenvalue weighted by Crippen LogP contribution is 2.06. The first-order chi connectivity index (χ1) is 6.22. The lowest BCUT2D eigenvalue weighted by atomic mass is 10.5. The lowest BCUT2D eigenvalue weighted by Gasteiger charge is -1.96. The number of rotatable bonds is 1. The van der Waals surface area contributed by atoms with E-state index in [1.807, 2.05) is 6.92 Å². The molecule has 0 aromatic carbocycles. The number of fused-ring (bicyclic) bond motifs is 1. The summed E-state index contributed by atoms with van der Waals surface area (Å²) < 4.78 is 1.72. The highest BCUT2D eigenvalue weighted by atomic mass is 35.5. The van der Waals surface area contributed by atoms with Gasteiger partial charge in [-0.1, -0.05) is 0 Å². The van der Waals surface area contributed by atoms with E-state index in [1.54, 1.807) is 10.9 Å². The molecule has 1 N–H and O–H groups in total. The van der Waals surface area contributed by atoms with Gasteiger partial charge >= 0.3 is 0 Å². The van der Waals surface area contributed by atoms with Gasteiger partial charge in [-0.2, -0.15) is 4.98 Å². The topological polar surface area (TPSA) is 63.6 Å². The van der Waals surface area contributed by atoms with Crippen LogP contribution in [0, 0.1) is 0 Å². The van der Waals surface area contributed by atoms with Gasteiger partial charge in [0.25, 0.3) is 5.56 Å². The molecule has 0 fully saturated rings. The van der Waals surface area contributed by atoms with Crippen LogP contribution in [0.3, 0.4) is 0 Å². The van der Waals surface area contributed by atoms with E-state index in [-0.39, 0.29) is 10.8 Å². The van der Waals surface area contributed by atoms with E-state index < -0.39 is 0 Å². The van der Waals surface area contributed by atoms with Crippen molar-refractivity contribution in [3.63, 3.8) is 0 Å². The lowest BCUT2D eigenvalue weighted by molar-refractivity contribution is 0.783. The smallest absolute Gasteiger partial charge is 0.278 e. The second kappa shape index (κ2) is 2.85. The van der Waals surface area contributed by atoms with Crippen molar-refractivity contribution in [3.8, 4) is 0 Å². The van der Waals surface area contributed by atoms with E-state index in [4.69, 9.17) is 11.6 Å². The van der Waals surface area contributed by atoms with Gasteiger partial charge in [-0.15, -0.1) is 0 Å². The van der Waals surface area contributed by atoms with Gasteiger partial charge in [-0.05, 0) is 18.5 Å². The number of H-pyrrole nitrogens is 1. The Hall–Kier alpha value is -1.36. The Balaban J connectivity index is 2.90. The molecule has 0 aliphatic rings. The minimum atomic E-state index is -0.255. The summed E-state index contributed by atoms with van der Waals surface area (Å²) in [5.74, 6) is 0. The SMILES string of the molecule is CCn1cnc2nc(Cl)[nH]c(=O)c21. The molecule has 2 rings (SSSR count). The summed E-state index contributed by atoms with van der Waals surface area (Å²) in [7, 11) is 0. The predicted octanol–water partition coefficient (Wildman–Crippen LogP) is 0.793. The molecule has 0 atom stereocenters. The minimum absolute atomic E-state index is 0.0684. The number of nitrogens with one attached hydrogen (secondary N) is 1. The molecule has 0 unspecified atom stereocenters. The van der Waals surface area contributed by atoms with Crippen molar-refractivity contribution in [3.05, 3.63) is 22.0 Å². The van der Waals surface area contributed by atoms with E-state index >= 15 is 0 Å². The zero-order valence-corrected chi connectivity index (χ0v) is 7.67. The van der Waals surface area contributed by atoms with Crippen molar-refractivity contribution in [2.24, 2.45) is 0 Å². The molecule has 2 aromatic rings. The van der Waals surface area contributed by atoms with Crippen molar-refractivity contribution in [2.75, 3.05) is 0 Å². The first-order valence-electron chi connectivity index (χ1n) is 3.83. The molecule has 0 radical (unpaired) electrons. The van der Waals surface area contributed by atoms with Crippen LogP contribution in [0.4, 0.5) is 0 Å². The molecule has 0 saturated carbocycles. The summed E-state index contributed by atoms with van der Waals surface area (Å²) in [6.45, 7) is 2.61. The number of imidazole rings is 1. The average molecular weight is 199 g/mol. The fourth-order valence-corrected chi connectivity index (χ4v) is 1.36. The van der Waals surface area contributed by atoms with Gasteiger partial charge in [0.15, 0.2) is 11.2 Å². The Labute approximate surface area is 78.4 Å². The number of hydrogen-bond acceptors (Lipinski definition) is 3. The molecule has 68 valence electrons. The highest BCUT2D eigenvalue weighted by molar-refractivity contribution is 6.28.